The molecule has 53 heavy (non-hydrogen) atoms. The fraction of sp³-hybridized carbons (Fsp3) is 0.0217. The third-order valence-electron chi connectivity index (χ3n) is 9.65. The van der Waals surface area contributed by atoms with Gasteiger partial charge in [-0.2, -0.15) is 0 Å². The molecular formula is C46H32N6S. The van der Waals surface area contributed by atoms with Gasteiger partial charge in [0.05, 0.1) is 33.0 Å². The van der Waals surface area contributed by atoms with Crippen molar-refractivity contribution >= 4 is 67.3 Å². The third kappa shape index (κ3) is 5.64. The molecule has 2 aliphatic rings. The predicted molar refractivity (Wildman–Crippen MR) is 220 cm³/mol. The molecule has 7 heteroatoms. The molecule has 1 atom stereocenters. The van der Waals surface area contributed by atoms with Crippen LogP contribution in [0.15, 0.2) is 192 Å². The van der Waals surface area contributed by atoms with E-state index in [0.717, 1.165) is 77.4 Å². The Morgan fingerprint density at radius 2 is 1.02 bits per heavy atom. The summed E-state index contributed by atoms with van der Waals surface area (Å²) in [6.45, 7) is 0. The highest BCUT2D eigenvalue weighted by atomic mass is 32.1. The zero-order chi connectivity index (χ0) is 35.1. The van der Waals surface area contributed by atoms with Crippen molar-refractivity contribution in [2.45, 2.75) is 6.17 Å². The van der Waals surface area contributed by atoms with Gasteiger partial charge in [0, 0.05) is 28.1 Å². The van der Waals surface area contributed by atoms with Crippen LogP contribution >= 0.6 is 11.3 Å². The Kier molecular flexibility index (Phi) is 7.62. The highest BCUT2D eigenvalue weighted by Crippen LogP contribution is 2.55. The van der Waals surface area contributed by atoms with Gasteiger partial charge in [-0.05, 0) is 54.1 Å². The Morgan fingerprint density at radius 3 is 1.62 bits per heavy atom. The van der Waals surface area contributed by atoms with Crippen molar-refractivity contribution in [3.63, 3.8) is 0 Å². The summed E-state index contributed by atoms with van der Waals surface area (Å²) in [4.78, 5) is 19.9. The van der Waals surface area contributed by atoms with Crippen LogP contribution in [0.3, 0.4) is 0 Å². The monoisotopic (exact) mass is 700 g/mol. The molecule has 0 aliphatic carbocycles. The molecule has 1 unspecified atom stereocenters. The summed E-state index contributed by atoms with van der Waals surface area (Å²) in [5.74, 6) is 1.52. The highest BCUT2D eigenvalue weighted by molar-refractivity contribution is 7.21. The fourth-order valence-corrected chi connectivity index (χ4v) is 8.12. The fourth-order valence-electron chi connectivity index (χ4n) is 7.13. The van der Waals surface area contributed by atoms with Gasteiger partial charge < -0.3 is 15.1 Å². The molecule has 2 aliphatic heterocycles. The zero-order valence-corrected chi connectivity index (χ0v) is 29.4. The molecule has 0 radical (unpaired) electrons. The van der Waals surface area contributed by atoms with Gasteiger partial charge in [0.15, 0.2) is 5.84 Å². The number of amidine groups is 2. The largest absolute Gasteiger partial charge is 0.344 e. The summed E-state index contributed by atoms with van der Waals surface area (Å²) >= 11 is 1.72. The summed E-state index contributed by atoms with van der Waals surface area (Å²) in [6, 6.07) is 63.3. The molecular weight excluding hydrogens is 669 g/mol. The van der Waals surface area contributed by atoms with Gasteiger partial charge in [0.1, 0.15) is 17.0 Å². The number of fused-ring (bicyclic) bond motifs is 3. The van der Waals surface area contributed by atoms with Gasteiger partial charge in [0.25, 0.3) is 0 Å². The van der Waals surface area contributed by atoms with Crippen molar-refractivity contribution in [2.75, 3.05) is 9.80 Å². The molecule has 0 fully saturated rings. The molecule has 0 bridgehead atoms. The molecule has 7 aromatic carbocycles. The minimum Gasteiger partial charge on any atom is -0.344 e. The molecule has 3 heterocycles. The van der Waals surface area contributed by atoms with E-state index in [1.807, 2.05) is 36.4 Å². The van der Waals surface area contributed by atoms with Gasteiger partial charge in [-0.1, -0.05) is 133 Å². The van der Waals surface area contributed by atoms with Crippen LogP contribution in [0.4, 0.5) is 34.1 Å². The number of nitrogens with zero attached hydrogens (tertiary/aromatic N) is 5. The van der Waals surface area contributed by atoms with Crippen LogP contribution in [0.25, 0.3) is 20.8 Å². The van der Waals surface area contributed by atoms with E-state index in [2.05, 4.69) is 161 Å². The van der Waals surface area contributed by atoms with Gasteiger partial charge >= 0.3 is 0 Å². The van der Waals surface area contributed by atoms with Crippen molar-refractivity contribution in [3.05, 3.63) is 199 Å². The van der Waals surface area contributed by atoms with E-state index < -0.39 is 0 Å². The molecule has 0 saturated carbocycles. The first-order valence-corrected chi connectivity index (χ1v) is 18.5. The van der Waals surface area contributed by atoms with Gasteiger partial charge in [-0.15, -0.1) is 11.3 Å². The van der Waals surface area contributed by atoms with E-state index >= 15 is 0 Å². The number of aromatic nitrogens is 1. The smallest absolute Gasteiger partial charge is 0.159 e. The number of nitrogens with one attached hydrogen (secondary N) is 1. The number of thiazole rings is 1. The number of para-hydroxylation sites is 4. The van der Waals surface area contributed by atoms with E-state index in [0.29, 0.717) is 5.84 Å². The summed E-state index contributed by atoms with van der Waals surface area (Å²) < 4.78 is 1.13. The molecule has 1 N–H and O–H groups in total. The number of anilines is 6. The maximum absolute atomic E-state index is 5.23. The molecule has 0 spiro atoms. The van der Waals surface area contributed by atoms with E-state index in [9.17, 15) is 0 Å². The molecule has 1 aromatic heterocycles. The standard InChI is InChI=1S/C46H32N6S/c1-5-15-31(16-6-1)43-48-44(32-17-7-2-8-18-32)50-45(49-43)33-25-27-34(28-26-33)46-47-37-29-40-41(30-42(37)53-46)52(36-21-11-4-12-22-36)39-24-14-13-23-38(39)51(40)35-19-9-3-10-20-35/h1-30,45H,(H,48,49,50). The molecule has 0 amide bonds. The molecule has 10 rings (SSSR count). The van der Waals surface area contributed by atoms with Crippen molar-refractivity contribution in [1.82, 2.24) is 10.3 Å². The topological polar surface area (TPSA) is 56.1 Å². The van der Waals surface area contributed by atoms with Crippen LogP contribution in [0.5, 0.6) is 0 Å². The Balaban J connectivity index is 1.04. The summed E-state index contributed by atoms with van der Waals surface area (Å²) in [5.41, 5.74) is 11.8. The first-order valence-electron chi connectivity index (χ1n) is 17.6. The number of benzene rings is 7. The lowest BCUT2D eigenvalue weighted by molar-refractivity contribution is 0.674. The van der Waals surface area contributed by atoms with Crippen LogP contribution in [-0.4, -0.2) is 16.7 Å². The minimum absolute atomic E-state index is 0.288. The molecule has 0 saturated heterocycles. The lowest BCUT2D eigenvalue weighted by Crippen LogP contribution is -2.33. The second-order valence-corrected chi connectivity index (χ2v) is 14.0. The average molecular weight is 701 g/mol. The maximum Gasteiger partial charge on any atom is 0.159 e. The number of rotatable bonds is 6. The normalized spacial score (nSPS) is 14.9. The first kappa shape index (κ1) is 30.9. The van der Waals surface area contributed by atoms with E-state index in [1.54, 1.807) is 11.3 Å². The Bertz CT molecular complexity index is 2530. The van der Waals surface area contributed by atoms with Gasteiger partial charge in [-0.3, -0.25) is 0 Å². The van der Waals surface area contributed by atoms with E-state index in [-0.39, 0.29) is 6.17 Å². The number of hydrogen-bond acceptors (Lipinski definition) is 7. The Labute approximate surface area is 311 Å². The second-order valence-electron chi connectivity index (χ2n) is 13.0. The molecule has 6 nitrogen and oxygen atoms in total. The SMILES string of the molecule is c1ccc(C2=NC(c3ccc(-c4nc5cc6c(cc5s4)N(c4ccccc4)c4ccccc4N6c4ccccc4)cc3)NC(c3ccccc3)=N2)cc1. The summed E-state index contributed by atoms with van der Waals surface area (Å²) in [6.07, 6.45) is -0.288. The third-order valence-corrected chi connectivity index (χ3v) is 10.7. The predicted octanol–water partition coefficient (Wildman–Crippen LogP) is 11.7. The summed E-state index contributed by atoms with van der Waals surface area (Å²) in [7, 11) is 0. The van der Waals surface area contributed by atoms with Gasteiger partial charge in [0.2, 0.25) is 0 Å². The van der Waals surface area contributed by atoms with Crippen molar-refractivity contribution in [3.8, 4) is 10.6 Å². The van der Waals surface area contributed by atoms with Crippen LogP contribution in [0.1, 0.15) is 22.9 Å². The van der Waals surface area contributed by atoms with Crippen LogP contribution in [-0.2, 0) is 0 Å². The van der Waals surface area contributed by atoms with Crippen LogP contribution < -0.4 is 15.1 Å². The Hall–Kier alpha value is -6.83. The maximum atomic E-state index is 5.23. The van der Waals surface area contributed by atoms with E-state index in [4.69, 9.17) is 15.0 Å². The number of hydrogen-bond donors (Lipinski definition) is 1. The lowest BCUT2D eigenvalue weighted by atomic mass is 10.0. The van der Waals surface area contributed by atoms with Crippen molar-refractivity contribution in [1.29, 1.82) is 0 Å². The van der Waals surface area contributed by atoms with Crippen molar-refractivity contribution in [2.24, 2.45) is 9.98 Å². The minimum atomic E-state index is -0.288. The van der Waals surface area contributed by atoms with E-state index in [1.165, 1.54) is 0 Å². The lowest BCUT2D eigenvalue weighted by Gasteiger charge is -2.40. The highest BCUT2D eigenvalue weighted by Gasteiger charge is 2.31. The molecule has 8 aromatic rings. The number of aliphatic imine (C=N–C) groups is 2. The molecule has 252 valence electrons. The second kappa shape index (κ2) is 13.1. The zero-order valence-electron chi connectivity index (χ0n) is 28.5. The van der Waals surface area contributed by atoms with Crippen molar-refractivity contribution < 1.29 is 0 Å². The van der Waals surface area contributed by atoms with Gasteiger partial charge in [-0.25, -0.2) is 15.0 Å². The quantitative estimate of drug-likeness (QED) is 0.188. The summed E-state index contributed by atoms with van der Waals surface area (Å²) in [5, 5.41) is 4.55. The van der Waals surface area contributed by atoms with Crippen LogP contribution in [0.2, 0.25) is 0 Å². The first-order chi connectivity index (χ1) is 26.3. The average Bonchev–Trinajstić information content (AvgIpc) is 3.66. The van der Waals surface area contributed by atoms with Crippen LogP contribution in [0, 0.1) is 0 Å². The Morgan fingerprint density at radius 1 is 0.491 bits per heavy atom.